The third-order valence-corrected chi connectivity index (χ3v) is 6.13. The van der Waals surface area contributed by atoms with Crippen molar-refractivity contribution < 1.29 is 23.5 Å². The summed E-state index contributed by atoms with van der Waals surface area (Å²) in [5, 5.41) is 5.79. The first-order valence-corrected chi connectivity index (χ1v) is 11.8. The third kappa shape index (κ3) is 5.71. The minimum Gasteiger partial charge on any atom is -0.438 e. The van der Waals surface area contributed by atoms with Crippen LogP contribution in [-0.2, 0) is 16.1 Å². The molecular formula is C28H28FN3O4. The van der Waals surface area contributed by atoms with Crippen LogP contribution in [0.3, 0.4) is 0 Å². The van der Waals surface area contributed by atoms with Crippen molar-refractivity contribution in [1.82, 2.24) is 10.2 Å². The fourth-order valence-corrected chi connectivity index (χ4v) is 4.01. The van der Waals surface area contributed by atoms with E-state index in [-0.39, 0.29) is 30.2 Å². The van der Waals surface area contributed by atoms with Crippen LogP contribution in [0.2, 0.25) is 0 Å². The number of hydrogen-bond donors (Lipinski definition) is 2. The van der Waals surface area contributed by atoms with Crippen molar-refractivity contribution in [3.05, 3.63) is 101 Å². The Morgan fingerprint density at radius 3 is 2.44 bits per heavy atom. The van der Waals surface area contributed by atoms with Gasteiger partial charge in [-0.05, 0) is 60.9 Å². The van der Waals surface area contributed by atoms with Gasteiger partial charge < -0.3 is 15.4 Å². The van der Waals surface area contributed by atoms with Gasteiger partial charge in [-0.1, -0.05) is 49.4 Å². The number of amides is 3. The molecule has 36 heavy (non-hydrogen) atoms. The molecular weight excluding hydrogens is 461 g/mol. The summed E-state index contributed by atoms with van der Waals surface area (Å²) < 4.78 is 19.1. The third-order valence-electron chi connectivity index (χ3n) is 6.13. The Labute approximate surface area is 209 Å². The van der Waals surface area contributed by atoms with Gasteiger partial charge >= 0.3 is 6.09 Å². The lowest BCUT2D eigenvalue weighted by molar-refractivity contribution is -0.127. The second kappa shape index (κ2) is 11.0. The smallest absolute Gasteiger partial charge is 0.411 e. The zero-order valence-electron chi connectivity index (χ0n) is 20.1. The van der Waals surface area contributed by atoms with Gasteiger partial charge in [-0.2, -0.15) is 0 Å². The molecule has 0 spiro atoms. The molecule has 0 radical (unpaired) electrons. The average Bonchev–Trinajstić information content (AvgIpc) is 3.21. The molecule has 1 heterocycles. The molecule has 2 N–H and O–H groups in total. The topological polar surface area (TPSA) is 87.7 Å². The zero-order valence-corrected chi connectivity index (χ0v) is 20.1. The number of rotatable bonds is 8. The summed E-state index contributed by atoms with van der Waals surface area (Å²) >= 11 is 0. The number of cyclic esters (lactones) is 1. The molecule has 3 aromatic carbocycles. The molecule has 0 aliphatic carbocycles. The zero-order chi connectivity index (χ0) is 25.7. The maximum Gasteiger partial charge on any atom is 0.411 e. The summed E-state index contributed by atoms with van der Waals surface area (Å²) in [6.45, 7) is 3.92. The van der Waals surface area contributed by atoms with E-state index in [1.165, 1.54) is 17.0 Å². The van der Waals surface area contributed by atoms with E-state index in [9.17, 15) is 18.8 Å². The minimum absolute atomic E-state index is 0.0820. The molecule has 186 valence electrons. The van der Waals surface area contributed by atoms with Gasteiger partial charge in [0.1, 0.15) is 5.82 Å². The fourth-order valence-electron chi connectivity index (χ4n) is 4.01. The summed E-state index contributed by atoms with van der Waals surface area (Å²) in [6.07, 6.45) is -0.820. The SMILES string of the molecule is CC[C@H](C)NC(=O)[C@H]1[C@@H](c2cccc(NC(=O)c3ccccc3)c2)OC(=O)N1Cc1ccc(F)cc1. The Balaban J connectivity index is 1.61. The van der Waals surface area contributed by atoms with E-state index in [1.807, 2.05) is 19.9 Å². The lowest BCUT2D eigenvalue weighted by Gasteiger charge is -2.26. The highest BCUT2D eigenvalue weighted by molar-refractivity contribution is 6.04. The Hall–Kier alpha value is -4.20. The molecule has 0 aromatic heterocycles. The Morgan fingerprint density at radius 2 is 1.75 bits per heavy atom. The normalized spacial score (nSPS) is 17.9. The van der Waals surface area contributed by atoms with Crippen molar-refractivity contribution in [3.8, 4) is 0 Å². The van der Waals surface area contributed by atoms with Crippen molar-refractivity contribution in [2.24, 2.45) is 0 Å². The molecule has 1 aliphatic heterocycles. The molecule has 3 atom stereocenters. The van der Waals surface area contributed by atoms with E-state index in [1.54, 1.807) is 60.7 Å². The van der Waals surface area contributed by atoms with Gasteiger partial charge in [0.25, 0.3) is 5.91 Å². The standard InChI is InChI=1S/C28H28FN3O4/c1-3-18(2)30-27(34)24-25(36-28(35)32(24)17-19-12-14-22(29)15-13-19)21-10-7-11-23(16-21)31-26(33)20-8-5-4-6-9-20/h4-16,18,24-25H,3,17H2,1-2H3,(H,30,34)(H,31,33)/t18-,24+,25+/m0/s1. The maximum atomic E-state index is 13.4. The van der Waals surface area contributed by atoms with Gasteiger partial charge in [-0.3, -0.25) is 14.5 Å². The van der Waals surface area contributed by atoms with Gasteiger partial charge in [-0.15, -0.1) is 0 Å². The van der Waals surface area contributed by atoms with Crippen LogP contribution in [-0.4, -0.2) is 34.9 Å². The number of carbonyl (C=O) groups is 3. The number of halogens is 1. The number of nitrogens with one attached hydrogen (secondary N) is 2. The summed E-state index contributed by atoms with van der Waals surface area (Å²) in [4.78, 5) is 40.2. The highest BCUT2D eigenvalue weighted by Crippen LogP contribution is 2.35. The number of hydrogen-bond acceptors (Lipinski definition) is 4. The minimum atomic E-state index is -0.948. The van der Waals surface area contributed by atoms with Crippen molar-refractivity contribution in [2.75, 3.05) is 5.32 Å². The molecule has 0 unspecified atom stereocenters. The van der Waals surface area contributed by atoms with Crippen molar-refractivity contribution in [3.63, 3.8) is 0 Å². The van der Waals surface area contributed by atoms with Crippen LogP contribution in [0.5, 0.6) is 0 Å². The molecule has 1 saturated heterocycles. The second-order valence-electron chi connectivity index (χ2n) is 8.77. The Bertz CT molecular complexity index is 1230. The summed E-state index contributed by atoms with van der Waals surface area (Å²) in [5.41, 5.74) is 2.25. The lowest BCUT2D eigenvalue weighted by atomic mass is 9.99. The van der Waals surface area contributed by atoms with Gasteiger partial charge in [0, 0.05) is 17.3 Å². The van der Waals surface area contributed by atoms with E-state index in [0.29, 0.717) is 22.4 Å². The van der Waals surface area contributed by atoms with Crippen molar-refractivity contribution >= 4 is 23.6 Å². The molecule has 1 fully saturated rings. The largest absolute Gasteiger partial charge is 0.438 e. The second-order valence-corrected chi connectivity index (χ2v) is 8.77. The molecule has 7 nitrogen and oxygen atoms in total. The fraction of sp³-hybridized carbons (Fsp3) is 0.250. The first kappa shape index (κ1) is 24.9. The molecule has 4 rings (SSSR count). The van der Waals surface area contributed by atoms with E-state index < -0.39 is 18.2 Å². The Morgan fingerprint density at radius 1 is 1.03 bits per heavy atom. The monoisotopic (exact) mass is 489 g/mol. The van der Waals surface area contributed by atoms with E-state index in [0.717, 1.165) is 6.42 Å². The summed E-state index contributed by atoms with van der Waals surface area (Å²) in [7, 11) is 0. The van der Waals surface area contributed by atoms with Gasteiger partial charge in [0.2, 0.25) is 5.91 Å². The molecule has 3 aromatic rings. The predicted molar refractivity (Wildman–Crippen MR) is 134 cm³/mol. The first-order chi connectivity index (χ1) is 17.4. The number of carbonyl (C=O) groups excluding carboxylic acids is 3. The Kier molecular flexibility index (Phi) is 7.63. The van der Waals surface area contributed by atoms with Crippen LogP contribution in [0.4, 0.5) is 14.9 Å². The number of nitrogens with zero attached hydrogens (tertiary/aromatic N) is 1. The van der Waals surface area contributed by atoms with Crippen LogP contribution >= 0.6 is 0 Å². The van der Waals surface area contributed by atoms with E-state index in [4.69, 9.17) is 4.74 Å². The maximum absolute atomic E-state index is 13.4. The number of ether oxygens (including phenoxy) is 1. The van der Waals surface area contributed by atoms with Crippen LogP contribution in [0.15, 0.2) is 78.9 Å². The number of anilines is 1. The molecule has 0 bridgehead atoms. The summed E-state index contributed by atoms with van der Waals surface area (Å²) in [6, 6.07) is 20.4. The average molecular weight is 490 g/mol. The molecule has 3 amide bonds. The van der Waals surface area contributed by atoms with Crippen LogP contribution in [0.1, 0.15) is 47.9 Å². The first-order valence-electron chi connectivity index (χ1n) is 11.8. The highest BCUT2D eigenvalue weighted by atomic mass is 19.1. The van der Waals surface area contributed by atoms with Crippen LogP contribution < -0.4 is 10.6 Å². The molecule has 8 heteroatoms. The predicted octanol–water partition coefficient (Wildman–Crippen LogP) is 5.05. The van der Waals surface area contributed by atoms with E-state index >= 15 is 0 Å². The van der Waals surface area contributed by atoms with Crippen LogP contribution in [0, 0.1) is 5.82 Å². The van der Waals surface area contributed by atoms with Gasteiger partial charge in [-0.25, -0.2) is 9.18 Å². The van der Waals surface area contributed by atoms with Gasteiger partial charge in [0.15, 0.2) is 12.1 Å². The highest BCUT2D eigenvalue weighted by Gasteiger charge is 2.47. The van der Waals surface area contributed by atoms with Crippen molar-refractivity contribution in [2.45, 2.75) is 45.0 Å². The lowest BCUT2D eigenvalue weighted by Crippen LogP contribution is -2.48. The summed E-state index contributed by atoms with van der Waals surface area (Å²) in [5.74, 6) is -1.01. The molecule has 0 saturated carbocycles. The van der Waals surface area contributed by atoms with Crippen molar-refractivity contribution in [1.29, 1.82) is 0 Å². The quantitative estimate of drug-likeness (QED) is 0.463. The number of benzene rings is 3. The molecule has 1 aliphatic rings. The van der Waals surface area contributed by atoms with E-state index in [2.05, 4.69) is 10.6 Å². The van der Waals surface area contributed by atoms with Crippen LogP contribution in [0.25, 0.3) is 0 Å². The van der Waals surface area contributed by atoms with Gasteiger partial charge in [0.05, 0.1) is 6.54 Å².